The van der Waals surface area contributed by atoms with Gasteiger partial charge in [-0.05, 0) is 18.1 Å². The van der Waals surface area contributed by atoms with E-state index in [4.69, 9.17) is 20.5 Å². The third-order valence-electron chi connectivity index (χ3n) is 3.70. The lowest BCUT2D eigenvalue weighted by molar-refractivity contribution is -0.135. The Kier molecular flexibility index (Phi) is 7.18. The molecule has 3 rings (SSSR count). The summed E-state index contributed by atoms with van der Waals surface area (Å²) in [6.07, 6.45) is 5.44. The molecular weight excluding hydrogens is 362 g/mol. The average Bonchev–Trinajstić information content (AvgIpc) is 3.11. The molecule has 0 unspecified atom stereocenters. The largest absolute Gasteiger partial charge is 0.478 e. The average molecular weight is 381 g/mol. The van der Waals surface area contributed by atoms with Gasteiger partial charge in [0.15, 0.2) is 5.58 Å². The molecule has 0 aliphatic heterocycles. The molecule has 8 nitrogen and oxygen atoms in total. The van der Waals surface area contributed by atoms with Gasteiger partial charge in [0.25, 0.3) is 0 Å². The number of aliphatic carboxylic acids is 2. The second-order valence-electron chi connectivity index (χ2n) is 5.57. The smallest absolute Gasteiger partial charge is 0.332 e. The number of carboxylic acid groups (broad SMARTS) is 2. The van der Waals surface area contributed by atoms with Crippen LogP contribution in [-0.2, 0) is 16.1 Å². The van der Waals surface area contributed by atoms with E-state index in [9.17, 15) is 9.59 Å². The number of carboxylic acids is 2. The third kappa shape index (κ3) is 5.12. The molecule has 3 aromatic rings. The number of pyridine rings is 1. The molecule has 0 aliphatic carbocycles. The van der Waals surface area contributed by atoms with Gasteiger partial charge in [0.05, 0.1) is 11.6 Å². The fraction of sp³-hybridized carbons (Fsp3) is 0.100. The number of carbonyl (C=O) groups is 2. The molecule has 2 aromatic heterocycles. The third-order valence-corrected chi connectivity index (χ3v) is 3.70. The number of fused-ring (bicyclic) bond motifs is 1. The van der Waals surface area contributed by atoms with Gasteiger partial charge >= 0.3 is 11.9 Å². The molecule has 0 amide bonds. The highest BCUT2D eigenvalue weighted by Crippen LogP contribution is 2.29. The molecule has 0 bridgehead atoms. The number of rotatable bonds is 6. The number of allylic oxidation sites excluding steroid dienone is 1. The Balaban J connectivity index is 0.000000224. The van der Waals surface area contributed by atoms with Crippen molar-refractivity contribution >= 4 is 22.9 Å². The molecule has 0 saturated heterocycles. The summed E-state index contributed by atoms with van der Waals surface area (Å²) in [7, 11) is 0. The van der Waals surface area contributed by atoms with Crippen LogP contribution in [0, 0.1) is 0 Å². The SMILES string of the molecule is C=CC/C(=C\C(=O)O)C(=O)O.NCc1ccccc1-c1noc2cnccc12. The lowest BCUT2D eigenvalue weighted by Crippen LogP contribution is -2.02. The lowest BCUT2D eigenvalue weighted by atomic mass is 10.0. The number of aromatic nitrogens is 2. The number of hydrogen-bond donors (Lipinski definition) is 3. The molecule has 0 saturated carbocycles. The van der Waals surface area contributed by atoms with E-state index in [1.54, 1.807) is 12.4 Å². The molecule has 0 radical (unpaired) electrons. The van der Waals surface area contributed by atoms with Crippen LogP contribution in [0.25, 0.3) is 22.2 Å². The molecular formula is C20H19N3O5. The van der Waals surface area contributed by atoms with Crippen molar-refractivity contribution < 1.29 is 24.3 Å². The molecule has 2 heterocycles. The van der Waals surface area contributed by atoms with Gasteiger partial charge < -0.3 is 20.5 Å². The van der Waals surface area contributed by atoms with Gasteiger partial charge in [-0.25, -0.2) is 9.59 Å². The maximum atomic E-state index is 10.2. The first-order valence-electron chi connectivity index (χ1n) is 8.23. The first kappa shape index (κ1) is 20.5. The van der Waals surface area contributed by atoms with E-state index in [1.165, 1.54) is 6.08 Å². The minimum atomic E-state index is -1.26. The van der Waals surface area contributed by atoms with E-state index < -0.39 is 11.9 Å². The van der Waals surface area contributed by atoms with E-state index in [-0.39, 0.29) is 12.0 Å². The molecule has 8 heteroatoms. The van der Waals surface area contributed by atoms with Gasteiger partial charge in [0.1, 0.15) is 5.69 Å². The van der Waals surface area contributed by atoms with Crippen LogP contribution in [0.5, 0.6) is 0 Å². The molecule has 28 heavy (non-hydrogen) atoms. The Morgan fingerprint density at radius 2 is 1.96 bits per heavy atom. The van der Waals surface area contributed by atoms with E-state index in [0.717, 1.165) is 22.2 Å². The Hall–Kier alpha value is -3.78. The quantitative estimate of drug-likeness (QED) is 0.437. The van der Waals surface area contributed by atoms with Crippen molar-refractivity contribution in [3.63, 3.8) is 0 Å². The zero-order valence-corrected chi connectivity index (χ0v) is 14.9. The summed E-state index contributed by atoms with van der Waals surface area (Å²) in [4.78, 5) is 24.3. The summed E-state index contributed by atoms with van der Waals surface area (Å²) in [5.74, 6) is -2.49. The second kappa shape index (κ2) is 9.79. The molecule has 0 aliphatic rings. The Labute approximate surface area is 160 Å². The Bertz CT molecular complexity index is 1020. The van der Waals surface area contributed by atoms with Crippen molar-refractivity contribution in [2.45, 2.75) is 13.0 Å². The van der Waals surface area contributed by atoms with Crippen LogP contribution in [0.2, 0.25) is 0 Å². The van der Waals surface area contributed by atoms with Crippen molar-refractivity contribution in [2.24, 2.45) is 5.73 Å². The Morgan fingerprint density at radius 1 is 1.21 bits per heavy atom. The van der Waals surface area contributed by atoms with Crippen LogP contribution in [0.4, 0.5) is 0 Å². The minimum absolute atomic E-state index is 0.0572. The summed E-state index contributed by atoms with van der Waals surface area (Å²) in [6.45, 7) is 3.77. The van der Waals surface area contributed by atoms with Gasteiger partial charge in [-0.1, -0.05) is 35.5 Å². The van der Waals surface area contributed by atoms with Crippen molar-refractivity contribution in [3.8, 4) is 11.3 Å². The van der Waals surface area contributed by atoms with Gasteiger partial charge in [0, 0.05) is 30.0 Å². The molecule has 4 N–H and O–H groups in total. The first-order valence-corrected chi connectivity index (χ1v) is 8.23. The molecule has 144 valence electrons. The maximum absolute atomic E-state index is 10.2. The molecule has 1 aromatic carbocycles. The van der Waals surface area contributed by atoms with Crippen molar-refractivity contribution in [1.29, 1.82) is 0 Å². The summed E-state index contributed by atoms with van der Waals surface area (Å²) >= 11 is 0. The fourth-order valence-corrected chi connectivity index (χ4v) is 2.43. The van der Waals surface area contributed by atoms with Crippen molar-refractivity contribution in [3.05, 3.63) is 72.6 Å². The van der Waals surface area contributed by atoms with Gasteiger partial charge in [-0.2, -0.15) is 0 Å². The minimum Gasteiger partial charge on any atom is -0.478 e. The number of nitrogens with zero attached hydrogens (tertiary/aromatic N) is 2. The monoisotopic (exact) mass is 381 g/mol. The highest BCUT2D eigenvalue weighted by atomic mass is 16.5. The van der Waals surface area contributed by atoms with Crippen molar-refractivity contribution in [2.75, 3.05) is 0 Å². The van der Waals surface area contributed by atoms with E-state index in [2.05, 4.69) is 16.7 Å². The summed E-state index contributed by atoms with van der Waals surface area (Å²) < 4.78 is 5.25. The van der Waals surface area contributed by atoms with Crippen LogP contribution >= 0.6 is 0 Å². The van der Waals surface area contributed by atoms with Crippen LogP contribution in [0.3, 0.4) is 0 Å². The lowest BCUT2D eigenvalue weighted by Gasteiger charge is -2.03. The number of hydrogen-bond acceptors (Lipinski definition) is 6. The second-order valence-corrected chi connectivity index (χ2v) is 5.57. The highest BCUT2D eigenvalue weighted by Gasteiger charge is 2.12. The number of benzene rings is 1. The zero-order chi connectivity index (χ0) is 20.5. The topological polar surface area (TPSA) is 140 Å². The van der Waals surface area contributed by atoms with Crippen molar-refractivity contribution in [1.82, 2.24) is 10.1 Å². The van der Waals surface area contributed by atoms with Gasteiger partial charge in [-0.15, -0.1) is 6.58 Å². The summed E-state index contributed by atoms with van der Waals surface area (Å²) in [5.41, 5.74) is 9.14. The predicted octanol–water partition coefficient (Wildman–Crippen LogP) is 3.01. The predicted molar refractivity (Wildman–Crippen MR) is 103 cm³/mol. The van der Waals surface area contributed by atoms with E-state index >= 15 is 0 Å². The summed E-state index contributed by atoms with van der Waals surface area (Å²) in [6, 6.07) is 9.83. The van der Waals surface area contributed by atoms with E-state index in [1.807, 2.05) is 30.3 Å². The molecule has 0 spiro atoms. The molecule has 0 fully saturated rings. The summed E-state index contributed by atoms with van der Waals surface area (Å²) in [5, 5.41) is 21.6. The Morgan fingerprint density at radius 3 is 2.61 bits per heavy atom. The normalized spacial score (nSPS) is 10.8. The highest BCUT2D eigenvalue weighted by molar-refractivity contribution is 5.94. The van der Waals surface area contributed by atoms with E-state index in [0.29, 0.717) is 18.2 Å². The number of nitrogens with two attached hydrogens (primary N) is 1. The van der Waals surface area contributed by atoms with Gasteiger partial charge in [-0.3, -0.25) is 4.98 Å². The van der Waals surface area contributed by atoms with Crippen LogP contribution in [0.1, 0.15) is 12.0 Å². The zero-order valence-electron chi connectivity index (χ0n) is 14.9. The standard InChI is InChI=1S/C13H11N3O.C7H8O4/c14-7-9-3-1-2-4-10(9)13-11-5-6-15-8-12(11)17-16-13;1-2-3-5(7(10)11)4-6(8)9/h1-6,8H,7,14H2;2,4H,1,3H2,(H,8,9)(H,10,11)/b;5-4+. The first-order chi connectivity index (χ1) is 13.5. The van der Waals surface area contributed by atoms with Gasteiger partial charge in [0.2, 0.25) is 0 Å². The van der Waals surface area contributed by atoms with Crippen LogP contribution in [0.15, 0.2) is 71.6 Å². The van der Waals surface area contributed by atoms with Crippen LogP contribution in [-0.4, -0.2) is 32.3 Å². The van der Waals surface area contributed by atoms with Crippen LogP contribution < -0.4 is 5.73 Å². The maximum Gasteiger partial charge on any atom is 0.332 e. The molecule has 0 atom stereocenters. The fourth-order valence-electron chi connectivity index (χ4n) is 2.43.